The van der Waals surface area contributed by atoms with Crippen LogP contribution in [0.1, 0.15) is 15.9 Å². The topological polar surface area (TPSA) is 104 Å². The monoisotopic (exact) mass is 472 g/mol. The van der Waals surface area contributed by atoms with Gasteiger partial charge in [0.1, 0.15) is 12.6 Å². The van der Waals surface area contributed by atoms with E-state index in [2.05, 4.69) is 0 Å². The molecule has 10 nitrogen and oxygen atoms in total. The molecule has 1 fully saturated rings. The molecular formula is C24H28N2O8. The number of nitrogens with zero attached hydrogens (tertiary/aromatic N) is 2. The maximum Gasteiger partial charge on any atom is 0.410 e. The van der Waals surface area contributed by atoms with Crippen LogP contribution < -0.4 is 14.2 Å². The van der Waals surface area contributed by atoms with E-state index < -0.39 is 24.0 Å². The molecule has 0 spiro atoms. The lowest BCUT2D eigenvalue weighted by Gasteiger charge is -2.39. The number of hydrogen-bond acceptors (Lipinski definition) is 8. The van der Waals surface area contributed by atoms with Crippen LogP contribution in [-0.4, -0.2) is 81.9 Å². The third-order valence-corrected chi connectivity index (χ3v) is 5.49. The molecule has 0 saturated carbocycles. The number of methoxy groups -OCH3 is 4. The predicted molar refractivity (Wildman–Crippen MR) is 121 cm³/mol. The highest BCUT2D eigenvalue weighted by Crippen LogP contribution is 2.38. The van der Waals surface area contributed by atoms with Crippen LogP contribution in [0.25, 0.3) is 0 Å². The van der Waals surface area contributed by atoms with Crippen molar-refractivity contribution in [2.75, 3.05) is 48.1 Å². The highest BCUT2D eigenvalue weighted by molar-refractivity contribution is 5.98. The van der Waals surface area contributed by atoms with Crippen LogP contribution in [-0.2, 0) is 20.9 Å². The number of carbonyl (C=O) groups excluding carboxylic acids is 3. The summed E-state index contributed by atoms with van der Waals surface area (Å²) in [5.41, 5.74) is 1.08. The number of carbonyl (C=O) groups is 3. The average Bonchev–Trinajstić information content (AvgIpc) is 2.90. The zero-order valence-corrected chi connectivity index (χ0v) is 19.6. The van der Waals surface area contributed by atoms with Crippen LogP contribution in [0.5, 0.6) is 17.2 Å². The maximum absolute atomic E-state index is 13.4. The fourth-order valence-corrected chi connectivity index (χ4v) is 3.71. The summed E-state index contributed by atoms with van der Waals surface area (Å²) >= 11 is 0. The minimum absolute atomic E-state index is 0.0591. The van der Waals surface area contributed by atoms with Gasteiger partial charge in [-0.1, -0.05) is 30.3 Å². The van der Waals surface area contributed by atoms with E-state index in [-0.39, 0.29) is 31.8 Å². The van der Waals surface area contributed by atoms with Gasteiger partial charge in [0.25, 0.3) is 5.91 Å². The molecule has 2 amide bonds. The van der Waals surface area contributed by atoms with Gasteiger partial charge in [0.05, 0.1) is 35.0 Å². The minimum atomic E-state index is -1.00. The van der Waals surface area contributed by atoms with Crippen molar-refractivity contribution in [3.05, 3.63) is 53.6 Å². The lowest BCUT2D eigenvalue weighted by molar-refractivity contribution is -0.147. The summed E-state index contributed by atoms with van der Waals surface area (Å²) in [6.07, 6.45) is -0.572. The number of amides is 2. The fourth-order valence-electron chi connectivity index (χ4n) is 3.71. The van der Waals surface area contributed by atoms with Crippen LogP contribution in [0.2, 0.25) is 0 Å². The fraction of sp³-hybridized carbons (Fsp3) is 0.375. The van der Waals surface area contributed by atoms with Crippen molar-refractivity contribution in [3.63, 3.8) is 0 Å². The Balaban J connectivity index is 1.78. The van der Waals surface area contributed by atoms with Crippen LogP contribution in [0.3, 0.4) is 0 Å². The van der Waals surface area contributed by atoms with Gasteiger partial charge in [-0.25, -0.2) is 9.59 Å². The van der Waals surface area contributed by atoms with Crippen LogP contribution in [0.4, 0.5) is 4.79 Å². The number of piperazine rings is 1. The molecule has 0 aromatic heterocycles. The Labute approximate surface area is 197 Å². The molecule has 3 rings (SSSR count). The second-order valence-corrected chi connectivity index (χ2v) is 7.44. The standard InChI is InChI=1S/C24H28N2O8/c1-30-19-12-17(13-20(31-2)21(19)32-3)22(27)26-11-10-25(14-18(26)23(28)33-4)24(29)34-15-16-8-6-5-7-9-16/h5-9,12-13,18H,10-11,14-15H2,1-4H3. The van der Waals surface area contributed by atoms with Crippen molar-refractivity contribution in [1.29, 1.82) is 0 Å². The van der Waals surface area contributed by atoms with Gasteiger partial charge in [0.15, 0.2) is 11.5 Å². The van der Waals surface area contributed by atoms with Gasteiger partial charge in [0, 0.05) is 18.7 Å². The van der Waals surface area contributed by atoms with Crippen LogP contribution in [0, 0.1) is 0 Å². The molecule has 1 aliphatic heterocycles. The molecule has 34 heavy (non-hydrogen) atoms. The molecule has 0 aliphatic carbocycles. The van der Waals surface area contributed by atoms with E-state index in [0.29, 0.717) is 17.2 Å². The van der Waals surface area contributed by atoms with E-state index in [1.54, 1.807) is 0 Å². The van der Waals surface area contributed by atoms with Crippen molar-refractivity contribution in [1.82, 2.24) is 9.80 Å². The number of esters is 1. The third-order valence-electron chi connectivity index (χ3n) is 5.49. The van der Waals surface area contributed by atoms with Crippen molar-refractivity contribution in [2.45, 2.75) is 12.6 Å². The van der Waals surface area contributed by atoms with Gasteiger partial charge in [0.2, 0.25) is 5.75 Å². The lowest BCUT2D eigenvalue weighted by Crippen LogP contribution is -2.59. The molecule has 182 valence electrons. The summed E-state index contributed by atoms with van der Waals surface area (Å²) in [7, 11) is 5.59. The van der Waals surface area contributed by atoms with E-state index in [4.69, 9.17) is 23.7 Å². The Morgan fingerprint density at radius 1 is 0.912 bits per heavy atom. The number of rotatable bonds is 7. The highest BCUT2D eigenvalue weighted by Gasteiger charge is 2.39. The van der Waals surface area contributed by atoms with Crippen LogP contribution >= 0.6 is 0 Å². The zero-order valence-electron chi connectivity index (χ0n) is 19.6. The van der Waals surface area contributed by atoms with Crippen molar-refractivity contribution in [3.8, 4) is 17.2 Å². The largest absolute Gasteiger partial charge is 0.493 e. The maximum atomic E-state index is 13.4. The molecule has 0 bridgehead atoms. The quantitative estimate of drug-likeness (QED) is 0.566. The molecule has 1 aliphatic rings. The lowest BCUT2D eigenvalue weighted by atomic mass is 10.1. The Morgan fingerprint density at radius 2 is 1.56 bits per heavy atom. The second-order valence-electron chi connectivity index (χ2n) is 7.44. The third kappa shape index (κ3) is 5.33. The van der Waals surface area contributed by atoms with E-state index in [1.807, 2.05) is 30.3 Å². The van der Waals surface area contributed by atoms with Crippen molar-refractivity contribution >= 4 is 18.0 Å². The van der Waals surface area contributed by atoms with Crippen LogP contribution in [0.15, 0.2) is 42.5 Å². The number of ether oxygens (including phenoxy) is 5. The SMILES string of the molecule is COC(=O)C1CN(C(=O)OCc2ccccc2)CCN1C(=O)c1cc(OC)c(OC)c(OC)c1. The second kappa shape index (κ2) is 11.3. The molecule has 1 atom stereocenters. The number of hydrogen-bond donors (Lipinski definition) is 0. The van der Waals surface area contributed by atoms with E-state index in [9.17, 15) is 14.4 Å². The summed E-state index contributed by atoms with van der Waals surface area (Å²) < 4.78 is 26.2. The molecule has 1 saturated heterocycles. The molecule has 2 aromatic rings. The summed E-state index contributed by atoms with van der Waals surface area (Å²) in [6, 6.07) is 11.3. The van der Waals surface area contributed by atoms with E-state index in [1.165, 1.54) is 50.4 Å². The van der Waals surface area contributed by atoms with E-state index in [0.717, 1.165) is 5.56 Å². The first kappa shape index (κ1) is 24.7. The minimum Gasteiger partial charge on any atom is -0.493 e. The first-order valence-electron chi connectivity index (χ1n) is 10.6. The Kier molecular flexibility index (Phi) is 8.18. The summed E-state index contributed by atoms with van der Waals surface area (Å²) in [5.74, 6) is -0.115. The van der Waals surface area contributed by atoms with Gasteiger partial charge in [-0.05, 0) is 17.7 Å². The molecular weight excluding hydrogens is 444 g/mol. The van der Waals surface area contributed by atoms with Gasteiger partial charge in [-0.3, -0.25) is 4.79 Å². The van der Waals surface area contributed by atoms with Gasteiger partial charge in [-0.2, -0.15) is 0 Å². The predicted octanol–water partition coefficient (Wildman–Crippen LogP) is 2.35. The van der Waals surface area contributed by atoms with Crippen molar-refractivity contribution < 1.29 is 38.1 Å². The number of benzene rings is 2. The summed E-state index contributed by atoms with van der Waals surface area (Å²) in [5, 5.41) is 0. The molecule has 2 aromatic carbocycles. The molecule has 1 heterocycles. The first-order chi connectivity index (χ1) is 16.4. The van der Waals surface area contributed by atoms with Crippen molar-refractivity contribution in [2.24, 2.45) is 0 Å². The normalized spacial score (nSPS) is 15.4. The Morgan fingerprint density at radius 3 is 2.12 bits per heavy atom. The zero-order chi connectivity index (χ0) is 24.7. The molecule has 10 heteroatoms. The molecule has 0 N–H and O–H groups in total. The average molecular weight is 472 g/mol. The van der Waals surface area contributed by atoms with E-state index >= 15 is 0 Å². The van der Waals surface area contributed by atoms with Gasteiger partial charge >= 0.3 is 12.1 Å². The summed E-state index contributed by atoms with van der Waals surface area (Å²) in [4.78, 5) is 41.3. The smallest absolute Gasteiger partial charge is 0.410 e. The molecule has 1 unspecified atom stereocenters. The first-order valence-corrected chi connectivity index (χ1v) is 10.6. The van der Waals surface area contributed by atoms with Gasteiger partial charge in [-0.15, -0.1) is 0 Å². The summed E-state index contributed by atoms with van der Waals surface area (Å²) in [6.45, 7) is 0.344. The Hall–Kier alpha value is -3.95. The van der Waals surface area contributed by atoms with Gasteiger partial charge < -0.3 is 33.5 Å². The Bertz CT molecular complexity index is 1000. The highest BCUT2D eigenvalue weighted by atomic mass is 16.6. The molecule has 0 radical (unpaired) electrons.